The van der Waals surface area contributed by atoms with Gasteiger partial charge in [0.15, 0.2) is 8.07 Å². The summed E-state index contributed by atoms with van der Waals surface area (Å²) in [5.41, 5.74) is 9.61. The first kappa shape index (κ1) is 36.9. The molecule has 0 atom stereocenters. The van der Waals surface area contributed by atoms with Gasteiger partial charge in [-0.2, -0.15) is 0 Å². The minimum atomic E-state index is -2.69. The second kappa shape index (κ2) is 14.7. The Hall–Kier alpha value is -7.76. The van der Waals surface area contributed by atoms with Crippen LogP contribution in [0.25, 0.3) is 86.3 Å². The first-order valence-electron chi connectivity index (χ1n) is 22.0. The summed E-state index contributed by atoms with van der Waals surface area (Å²) in [6.07, 6.45) is 0. The number of nitrogens with zero attached hydrogens (tertiary/aromatic N) is 2. The summed E-state index contributed by atoms with van der Waals surface area (Å²) in [7, 11) is -2.69. The summed E-state index contributed by atoms with van der Waals surface area (Å²) >= 11 is 1.88. The van der Waals surface area contributed by atoms with Gasteiger partial charge >= 0.3 is 0 Å². The fourth-order valence-corrected chi connectivity index (χ4v) is 16.8. The van der Waals surface area contributed by atoms with Crippen LogP contribution in [-0.2, 0) is 0 Å². The van der Waals surface area contributed by atoms with Crippen LogP contribution in [0.2, 0.25) is 0 Å². The maximum absolute atomic E-state index is 2.69. The van der Waals surface area contributed by atoms with Gasteiger partial charge in [-0.15, -0.1) is 11.3 Å². The van der Waals surface area contributed by atoms with Crippen LogP contribution in [0.4, 0.5) is 0 Å². The van der Waals surface area contributed by atoms with Crippen molar-refractivity contribution in [1.82, 2.24) is 9.13 Å². The highest BCUT2D eigenvalue weighted by Crippen LogP contribution is 2.46. The smallest absolute Gasteiger partial charge is 0.179 e. The van der Waals surface area contributed by atoms with Crippen molar-refractivity contribution in [3.05, 3.63) is 243 Å². The van der Waals surface area contributed by atoms with E-state index >= 15 is 0 Å². The van der Waals surface area contributed by atoms with Crippen LogP contribution in [-0.4, -0.2) is 17.2 Å². The zero-order valence-electron chi connectivity index (χ0n) is 34.9. The molecule has 10 aromatic carbocycles. The molecule has 0 saturated carbocycles. The quantitative estimate of drug-likeness (QED) is 0.112. The SMILES string of the molecule is c1ccc([Si](c2ccccc2)(c2ccccc2)c2ccc(-n3c4ccccc4c4c(-n5c6ccccc6c6cccc(-c7cccc8sc9ccccc9c78)c65)cccc43)cc2)cc1. The van der Waals surface area contributed by atoms with Gasteiger partial charge in [0, 0.05) is 53.0 Å². The highest BCUT2D eigenvalue weighted by molar-refractivity contribution is 7.26. The molecule has 0 aliphatic heterocycles. The standard InChI is InChI=1S/C60H40N2SSi/c1-4-19-42(20-5-1)64(43-21-6-2-7-22-43,44-23-8-3-9-24-44)45-39-37-41(38-40-45)61-53-32-14-11-26-50(53)59-54(61)33-18-34-55(59)62-52-31-13-10-25-46(52)48-29-16-30-49(60(48)62)47-28-17-36-57-58(47)51-27-12-15-35-56(51)63-57/h1-40H. The Balaban J connectivity index is 1.06. The predicted octanol–water partition coefficient (Wildman–Crippen LogP) is 13.3. The topological polar surface area (TPSA) is 9.86 Å². The van der Waals surface area contributed by atoms with E-state index < -0.39 is 8.07 Å². The van der Waals surface area contributed by atoms with Gasteiger partial charge in [-0.05, 0) is 74.8 Å². The number of benzene rings is 10. The maximum atomic E-state index is 2.55. The number of rotatable bonds is 7. The zero-order chi connectivity index (χ0) is 42.2. The molecule has 2 nitrogen and oxygen atoms in total. The molecule has 0 bridgehead atoms. The first-order chi connectivity index (χ1) is 31.8. The summed E-state index contributed by atoms with van der Waals surface area (Å²) in [4.78, 5) is 0. The van der Waals surface area contributed by atoms with E-state index in [0.29, 0.717) is 0 Å². The Bertz CT molecular complexity index is 3790. The lowest BCUT2D eigenvalue weighted by Gasteiger charge is -2.34. The number of thiophene rings is 1. The molecule has 0 aliphatic rings. The number of aromatic nitrogens is 2. The summed E-state index contributed by atoms with van der Waals surface area (Å²) in [6, 6.07) is 90.3. The normalized spacial score (nSPS) is 12.1. The third kappa shape index (κ3) is 5.37. The third-order valence-corrected chi connectivity index (χ3v) is 19.4. The zero-order valence-corrected chi connectivity index (χ0v) is 36.7. The Morgan fingerprint density at radius 3 is 1.47 bits per heavy atom. The van der Waals surface area contributed by atoms with Crippen molar-refractivity contribution in [1.29, 1.82) is 0 Å². The molecule has 3 aromatic heterocycles. The van der Waals surface area contributed by atoms with E-state index in [4.69, 9.17) is 0 Å². The van der Waals surface area contributed by atoms with Crippen molar-refractivity contribution in [3.63, 3.8) is 0 Å². The van der Waals surface area contributed by atoms with Crippen molar-refractivity contribution in [2.75, 3.05) is 0 Å². The molecule has 13 rings (SSSR count). The third-order valence-electron chi connectivity index (χ3n) is 13.5. The van der Waals surface area contributed by atoms with E-state index in [1.807, 2.05) is 11.3 Å². The fraction of sp³-hybridized carbons (Fsp3) is 0. The van der Waals surface area contributed by atoms with Crippen molar-refractivity contribution < 1.29 is 0 Å². The lowest BCUT2D eigenvalue weighted by atomic mass is 9.97. The average molecular weight is 849 g/mol. The van der Waals surface area contributed by atoms with E-state index in [1.54, 1.807) is 0 Å². The Kier molecular flexibility index (Phi) is 8.45. The van der Waals surface area contributed by atoms with Gasteiger partial charge < -0.3 is 9.13 Å². The molecule has 0 unspecified atom stereocenters. The molecule has 4 heteroatoms. The lowest BCUT2D eigenvalue weighted by molar-refractivity contribution is 1.17. The van der Waals surface area contributed by atoms with E-state index in [1.165, 1.54) is 101 Å². The van der Waals surface area contributed by atoms with Crippen LogP contribution >= 0.6 is 11.3 Å². The van der Waals surface area contributed by atoms with Crippen molar-refractivity contribution in [3.8, 4) is 22.5 Å². The monoisotopic (exact) mass is 848 g/mol. The molecule has 64 heavy (non-hydrogen) atoms. The summed E-state index contributed by atoms with van der Waals surface area (Å²) in [5.74, 6) is 0. The van der Waals surface area contributed by atoms with Crippen LogP contribution in [0, 0.1) is 0 Å². The molecule has 13 aromatic rings. The lowest BCUT2D eigenvalue weighted by Crippen LogP contribution is -2.74. The van der Waals surface area contributed by atoms with Crippen LogP contribution in [0.1, 0.15) is 0 Å². The van der Waals surface area contributed by atoms with Gasteiger partial charge in [0.25, 0.3) is 0 Å². The second-order valence-corrected chi connectivity index (χ2v) is 21.6. The van der Waals surface area contributed by atoms with Gasteiger partial charge in [0.2, 0.25) is 0 Å². The minimum absolute atomic E-state index is 1.14. The van der Waals surface area contributed by atoms with E-state index in [2.05, 4.69) is 252 Å². The number of fused-ring (bicyclic) bond motifs is 9. The van der Waals surface area contributed by atoms with Gasteiger partial charge in [-0.25, -0.2) is 0 Å². The molecular weight excluding hydrogens is 809 g/mol. The molecule has 0 spiro atoms. The van der Waals surface area contributed by atoms with E-state index in [0.717, 1.165) is 5.69 Å². The fourth-order valence-electron chi connectivity index (χ4n) is 10.9. The molecule has 3 heterocycles. The number of para-hydroxylation sites is 3. The molecule has 0 fully saturated rings. The number of hydrogen-bond donors (Lipinski definition) is 0. The van der Waals surface area contributed by atoms with Crippen LogP contribution < -0.4 is 20.7 Å². The van der Waals surface area contributed by atoms with Gasteiger partial charge in [0.05, 0.1) is 27.8 Å². The average Bonchev–Trinajstić information content (AvgIpc) is 4.04. The second-order valence-electron chi connectivity index (χ2n) is 16.8. The summed E-state index contributed by atoms with van der Waals surface area (Å²) in [6.45, 7) is 0. The van der Waals surface area contributed by atoms with E-state index in [9.17, 15) is 0 Å². The van der Waals surface area contributed by atoms with Gasteiger partial charge in [-0.1, -0.05) is 194 Å². The molecule has 0 saturated heterocycles. The Labute approximate surface area is 376 Å². The Morgan fingerprint density at radius 1 is 0.297 bits per heavy atom. The van der Waals surface area contributed by atoms with Crippen LogP contribution in [0.15, 0.2) is 243 Å². The maximum Gasteiger partial charge on any atom is 0.179 e. The van der Waals surface area contributed by atoms with Crippen molar-refractivity contribution in [2.24, 2.45) is 0 Å². The first-order valence-corrected chi connectivity index (χ1v) is 24.8. The van der Waals surface area contributed by atoms with Gasteiger partial charge in [-0.3, -0.25) is 0 Å². The van der Waals surface area contributed by atoms with E-state index in [-0.39, 0.29) is 0 Å². The minimum Gasteiger partial charge on any atom is -0.309 e. The largest absolute Gasteiger partial charge is 0.309 e. The highest BCUT2D eigenvalue weighted by atomic mass is 32.1. The van der Waals surface area contributed by atoms with Crippen LogP contribution in [0.5, 0.6) is 0 Å². The molecule has 0 aliphatic carbocycles. The molecule has 0 N–H and O–H groups in total. The predicted molar refractivity (Wildman–Crippen MR) is 277 cm³/mol. The summed E-state index contributed by atoms with van der Waals surface area (Å²) < 4.78 is 7.65. The molecule has 0 amide bonds. The molecule has 300 valence electrons. The van der Waals surface area contributed by atoms with Crippen LogP contribution in [0.3, 0.4) is 0 Å². The summed E-state index contributed by atoms with van der Waals surface area (Å²) in [5, 5.41) is 13.1. The Morgan fingerprint density at radius 2 is 0.781 bits per heavy atom. The highest BCUT2D eigenvalue weighted by Gasteiger charge is 2.41. The van der Waals surface area contributed by atoms with Crippen molar-refractivity contribution >= 4 is 104 Å². The molecule has 0 radical (unpaired) electrons. The molecular formula is C60H40N2SSi. The number of hydrogen-bond acceptors (Lipinski definition) is 1. The van der Waals surface area contributed by atoms with Gasteiger partial charge in [0.1, 0.15) is 0 Å². The van der Waals surface area contributed by atoms with Crippen molar-refractivity contribution in [2.45, 2.75) is 0 Å².